The molecule has 472 valence electrons. The summed E-state index contributed by atoms with van der Waals surface area (Å²) in [5, 5.41) is 12.4. The molecule has 0 radical (unpaired) electrons. The normalized spacial score (nSPS) is 16.8. The number of aliphatic hydroxyl groups is 1. The topological polar surface area (TPSA) is 68.9 Å². The zero-order valence-electron chi connectivity index (χ0n) is 51.3. The van der Waals surface area contributed by atoms with Gasteiger partial charge < -0.3 is 18.4 Å². The summed E-state index contributed by atoms with van der Waals surface area (Å²) in [5.41, 5.74) is 2.73. The maximum absolute atomic E-state index is 15.8. The Morgan fingerprint density at radius 2 is 1.17 bits per heavy atom. The molecule has 5 atom stereocenters. The number of hydrogen-bond donors (Lipinski definition) is 1. The molecule has 0 saturated carbocycles. The maximum Gasteiger partial charge on any atom is 0.460 e. The number of aliphatic hydroxyl groups excluding tert-OH is 1. The van der Waals surface area contributed by atoms with Crippen LogP contribution in [0.15, 0.2) is 140 Å². The van der Waals surface area contributed by atoms with Crippen molar-refractivity contribution in [3.63, 3.8) is 0 Å². The largest absolute Gasteiger partial charge is 0.460 e. The molecular weight excluding hydrogens is 1150 g/mol. The second-order valence-electron chi connectivity index (χ2n) is 24.2. The van der Waals surface area contributed by atoms with E-state index in [1.165, 1.54) is 27.7 Å². The van der Waals surface area contributed by atoms with Crippen LogP contribution in [0.5, 0.6) is 0 Å². The molecule has 1 N–H and O–H groups in total. The number of hydrogen-bond acceptors (Lipinski definition) is 5. The number of alkyl halides is 13. The Kier molecular flexibility index (Phi) is 25.5. The fourth-order valence-corrected chi connectivity index (χ4v) is 20.5. The first kappa shape index (κ1) is 73.7. The van der Waals surface area contributed by atoms with Gasteiger partial charge in [-0.05, 0) is 123 Å². The summed E-state index contributed by atoms with van der Waals surface area (Å²) in [6, 6.07) is 21.7. The van der Waals surface area contributed by atoms with E-state index in [1.807, 2.05) is 127 Å². The molecule has 0 bridgehead atoms. The van der Waals surface area contributed by atoms with Crippen LogP contribution in [0.25, 0.3) is 0 Å². The lowest BCUT2D eigenvalue weighted by Crippen LogP contribution is -2.70. The van der Waals surface area contributed by atoms with Gasteiger partial charge in [0, 0.05) is 23.8 Å². The molecule has 0 saturated heterocycles. The minimum atomic E-state index is -8.00. The molecule has 1 aromatic heterocycles. The molecule has 3 rings (SSSR count). The second-order valence-corrected chi connectivity index (χ2v) is 33.4. The Morgan fingerprint density at radius 3 is 1.62 bits per heavy atom. The van der Waals surface area contributed by atoms with Gasteiger partial charge in [-0.3, -0.25) is 0 Å². The third kappa shape index (κ3) is 16.2. The van der Waals surface area contributed by atoms with E-state index in [4.69, 9.17) is 13.3 Å². The van der Waals surface area contributed by atoms with E-state index in [2.05, 4.69) is 20.8 Å². The van der Waals surface area contributed by atoms with Gasteiger partial charge in [0.2, 0.25) is 0 Å². The predicted octanol–water partition coefficient (Wildman–Crippen LogP) is 18.8. The van der Waals surface area contributed by atoms with Crippen LogP contribution < -0.4 is 16.0 Å². The first-order chi connectivity index (χ1) is 38.5. The molecule has 0 aliphatic carbocycles. The molecule has 0 fully saturated rings. The molecule has 0 aliphatic heterocycles. The number of allylic oxidation sites excluding steroid dienone is 7. The highest BCUT2D eigenvalue weighted by Crippen LogP contribution is 2.61. The minimum absolute atomic E-state index is 0.220. The van der Waals surface area contributed by atoms with Crippen molar-refractivity contribution in [1.82, 2.24) is 0 Å². The van der Waals surface area contributed by atoms with Crippen LogP contribution in [0.4, 0.5) is 57.1 Å². The Balaban J connectivity index is 2.17. The monoisotopic (exact) mass is 1240 g/mol. The Labute approximate surface area is 490 Å². The average molecular weight is 1240 g/mol. The van der Waals surface area contributed by atoms with Gasteiger partial charge >= 0.3 is 41.4 Å². The molecular formula is C64H87F13O5Si2. The van der Waals surface area contributed by atoms with E-state index in [0.29, 0.717) is 41.7 Å². The van der Waals surface area contributed by atoms with Gasteiger partial charge in [-0.15, -0.1) is 0 Å². The van der Waals surface area contributed by atoms with Gasteiger partial charge in [-0.25, -0.2) is 4.79 Å². The number of rotatable bonds is 30. The van der Waals surface area contributed by atoms with Gasteiger partial charge in [-0.1, -0.05) is 183 Å². The zero-order valence-corrected chi connectivity index (χ0v) is 53.3. The molecule has 1 heterocycles. The van der Waals surface area contributed by atoms with Crippen LogP contribution in [0, 0.1) is 5.92 Å². The summed E-state index contributed by atoms with van der Waals surface area (Å²) in [6.07, 6.45) is -0.195. The van der Waals surface area contributed by atoms with E-state index in [-0.39, 0.29) is 6.42 Å². The Bertz CT molecular complexity index is 2760. The summed E-state index contributed by atoms with van der Waals surface area (Å²) in [4.78, 5) is 12.5. The highest BCUT2D eigenvalue weighted by molar-refractivity contribution is 6.99. The lowest BCUT2D eigenvalue weighted by Gasteiger charge is -2.49. The highest BCUT2D eigenvalue weighted by Gasteiger charge is 2.90. The molecule has 20 heteroatoms. The third-order valence-corrected chi connectivity index (χ3v) is 27.0. The van der Waals surface area contributed by atoms with E-state index in [0.717, 1.165) is 33.5 Å². The van der Waals surface area contributed by atoms with Crippen molar-refractivity contribution in [2.75, 3.05) is 0 Å². The van der Waals surface area contributed by atoms with Crippen LogP contribution in [-0.4, -0.2) is 75.8 Å². The summed E-state index contributed by atoms with van der Waals surface area (Å²) in [7, 11) is -7.60. The van der Waals surface area contributed by atoms with Gasteiger partial charge in [0.05, 0.1) is 18.3 Å². The molecule has 0 amide bonds. The second kappa shape index (κ2) is 29.0. The van der Waals surface area contributed by atoms with Crippen molar-refractivity contribution in [1.29, 1.82) is 0 Å². The smallest absolute Gasteiger partial charge is 0.427 e. The average Bonchev–Trinajstić information content (AvgIpc) is 0.819. The summed E-state index contributed by atoms with van der Waals surface area (Å²) >= 11 is 0. The lowest BCUT2D eigenvalue weighted by atomic mass is 9.91. The fourth-order valence-electron chi connectivity index (χ4n) is 11.0. The highest BCUT2D eigenvalue weighted by atomic mass is 28.4. The van der Waals surface area contributed by atoms with Crippen molar-refractivity contribution in [2.45, 2.75) is 231 Å². The molecule has 0 spiro atoms. The first-order valence-corrected chi connectivity index (χ1v) is 32.7. The zero-order chi connectivity index (χ0) is 64.4. The standard InChI is InChI=1S/C64H87F13O5Si2/c1-17-26-50-34-36-53(80-57(50)79)48(12)55(78)47(11)28-25-27-43(7)39-45(9)40-44(8)33-35-54(81-84(58(14,15)16,51-29-21-19-22-30-51)52-31-23-20-24-32-52)49(13)56(46(10)18-2)82-83(41(3)4,42(5)6)38-37-59(65,66)60(67,68)61(69,70)62(71,72)63(73,74)64(75,76)77/h18-24,27-34,36,40-42,48-49,54-56,78H,17,25-26,35,37-39H2,1-16H3/b43-27+,44-33+,45-40+,46-18+,47-28+/t48-,49-,54-,55-,56-/m0/s1. The summed E-state index contributed by atoms with van der Waals surface area (Å²) in [5.74, 6) is -38.2. The molecule has 0 aliphatic rings. The van der Waals surface area contributed by atoms with Crippen molar-refractivity contribution >= 4 is 27.0 Å². The lowest BCUT2D eigenvalue weighted by molar-refractivity contribution is -0.440. The van der Waals surface area contributed by atoms with E-state index < -0.39 is 117 Å². The SMILES string of the molecule is C/C=C(\C)[C@H](O[Si](CCC(F)(F)C(F)(F)C(F)(F)C(F)(F)C(F)(F)C(F)(F)F)(C(C)C)C(C)C)[C@@H](C)[C@H](C/C=C(C)/C=C(\C)C/C(C)=C/C/C=C(\C)[C@H](O)[C@@H](C)c1ccc(CCC)c(=O)o1)O[Si](c1ccccc1)(c1ccccc1)C(C)(C)C. The van der Waals surface area contributed by atoms with Gasteiger partial charge in [0.25, 0.3) is 8.32 Å². The van der Waals surface area contributed by atoms with E-state index >= 15 is 17.6 Å². The predicted molar refractivity (Wildman–Crippen MR) is 314 cm³/mol. The Morgan fingerprint density at radius 1 is 0.655 bits per heavy atom. The van der Waals surface area contributed by atoms with Crippen molar-refractivity contribution < 1.29 is 75.5 Å². The van der Waals surface area contributed by atoms with Gasteiger partial charge in [0.15, 0.2) is 8.32 Å². The van der Waals surface area contributed by atoms with Crippen molar-refractivity contribution in [2.24, 2.45) is 5.92 Å². The van der Waals surface area contributed by atoms with Crippen LogP contribution >= 0.6 is 0 Å². The molecule has 84 heavy (non-hydrogen) atoms. The number of halogens is 13. The van der Waals surface area contributed by atoms with Crippen molar-refractivity contribution in [3.05, 3.63) is 153 Å². The van der Waals surface area contributed by atoms with E-state index in [9.17, 15) is 49.4 Å². The van der Waals surface area contributed by atoms with Crippen LogP contribution in [-0.2, 0) is 15.3 Å². The minimum Gasteiger partial charge on any atom is -0.427 e. The molecule has 5 nitrogen and oxygen atoms in total. The number of aryl methyl sites for hydroxylation is 1. The van der Waals surface area contributed by atoms with E-state index in [1.54, 1.807) is 39.0 Å². The molecule has 3 aromatic rings. The van der Waals surface area contributed by atoms with Gasteiger partial charge in [0.1, 0.15) is 5.76 Å². The third-order valence-electron chi connectivity index (χ3n) is 16.3. The first-order valence-electron chi connectivity index (χ1n) is 28.5. The summed E-state index contributed by atoms with van der Waals surface area (Å²) < 4.78 is 208. The number of benzene rings is 2. The molecule has 0 unspecified atom stereocenters. The quantitative estimate of drug-likeness (QED) is 0.0312. The Hall–Kier alpha value is -4.51. The van der Waals surface area contributed by atoms with Gasteiger partial charge in [-0.2, -0.15) is 57.1 Å². The summed E-state index contributed by atoms with van der Waals surface area (Å²) in [6.45, 7) is 29.0. The van der Waals surface area contributed by atoms with Crippen LogP contribution in [0.3, 0.4) is 0 Å². The van der Waals surface area contributed by atoms with Crippen LogP contribution in [0.2, 0.25) is 22.2 Å². The fraction of sp³-hybridized carbons (Fsp3) is 0.578. The van der Waals surface area contributed by atoms with Crippen molar-refractivity contribution in [3.8, 4) is 0 Å². The van der Waals surface area contributed by atoms with Crippen LogP contribution in [0.1, 0.15) is 160 Å². The molecule has 2 aromatic carbocycles. The maximum atomic E-state index is 15.8.